The lowest BCUT2D eigenvalue weighted by molar-refractivity contribution is -0.132. The summed E-state index contributed by atoms with van der Waals surface area (Å²) in [5, 5.41) is 11.4. The second-order valence-corrected chi connectivity index (χ2v) is 9.83. The van der Waals surface area contributed by atoms with E-state index >= 15 is 0 Å². The molecule has 3 aromatic carbocycles. The van der Waals surface area contributed by atoms with Gasteiger partial charge in [0.1, 0.15) is 17.3 Å². The number of hydrogen-bond donors (Lipinski definition) is 1. The average molecular weight is 514 g/mol. The van der Waals surface area contributed by atoms with E-state index in [9.17, 15) is 19.5 Å². The summed E-state index contributed by atoms with van der Waals surface area (Å²) in [4.78, 5) is 39.8. The van der Waals surface area contributed by atoms with E-state index in [0.29, 0.717) is 35.1 Å². The number of carbonyl (C=O) groups is 3. The summed E-state index contributed by atoms with van der Waals surface area (Å²) in [6, 6.07) is 17.9. The van der Waals surface area contributed by atoms with Gasteiger partial charge in [-0.25, -0.2) is 0 Å². The van der Waals surface area contributed by atoms with Gasteiger partial charge in [0.2, 0.25) is 0 Å². The first-order valence-corrected chi connectivity index (χ1v) is 12.5. The number of nitrogens with zero attached hydrogens (tertiary/aromatic N) is 1. The standard InChI is InChI=1S/C31H31NO6/c1-18(2)17-37-25-13-10-22(11-14-25)29(34)27-28(23-7-6-8-26(16-23)38-21(5)33)32(31(36)30(27)35)24-12-9-19(3)20(4)15-24/h6-16,18,28,34H,17H2,1-5H3/b29-27+. The zero-order valence-electron chi connectivity index (χ0n) is 22.1. The summed E-state index contributed by atoms with van der Waals surface area (Å²) in [6.07, 6.45) is 0. The lowest BCUT2D eigenvalue weighted by atomic mass is 9.94. The molecule has 1 heterocycles. The third kappa shape index (κ3) is 5.47. The minimum atomic E-state index is -0.940. The van der Waals surface area contributed by atoms with E-state index in [1.165, 1.54) is 11.8 Å². The molecule has 0 radical (unpaired) electrons. The van der Waals surface area contributed by atoms with Gasteiger partial charge < -0.3 is 14.6 Å². The summed E-state index contributed by atoms with van der Waals surface area (Å²) in [6.45, 7) is 9.82. The Kier molecular flexibility index (Phi) is 7.67. The Morgan fingerprint density at radius 1 is 0.947 bits per heavy atom. The predicted molar refractivity (Wildman–Crippen MR) is 145 cm³/mol. The van der Waals surface area contributed by atoms with Crippen LogP contribution in [0.2, 0.25) is 0 Å². The molecule has 4 rings (SSSR count). The van der Waals surface area contributed by atoms with Gasteiger partial charge in [-0.05, 0) is 85.0 Å². The van der Waals surface area contributed by atoms with Gasteiger partial charge in [0.05, 0.1) is 18.2 Å². The van der Waals surface area contributed by atoms with Crippen molar-refractivity contribution in [2.45, 2.75) is 40.7 Å². The van der Waals surface area contributed by atoms with Crippen molar-refractivity contribution in [3.63, 3.8) is 0 Å². The number of hydrogen-bond acceptors (Lipinski definition) is 6. The number of aliphatic hydroxyl groups excluding tert-OH is 1. The van der Waals surface area contributed by atoms with Crippen LogP contribution < -0.4 is 14.4 Å². The summed E-state index contributed by atoms with van der Waals surface area (Å²) >= 11 is 0. The van der Waals surface area contributed by atoms with Crippen molar-refractivity contribution in [3.05, 3.63) is 94.6 Å². The molecule has 0 aliphatic carbocycles. The second-order valence-electron chi connectivity index (χ2n) is 9.83. The second kappa shape index (κ2) is 10.9. The molecule has 1 fully saturated rings. The number of aryl methyl sites for hydroxylation is 2. The van der Waals surface area contributed by atoms with Crippen LogP contribution in [-0.4, -0.2) is 29.4 Å². The highest BCUT2D eigenvalue weighted by Gasteiger charge is 2.47. The number of ether oxygens (including phenoxy) is 2. The van der Waals surface area contributed by atoms with Crippen molar-refractivity contribution in [1.29, 1.82) is 0 Å². The zero-order valence-corrected chi connectivity index (χ0v) is 22.1. The van der Waals surface area contributed by atoms with Crippen LogP contribution in [0, 0.1) is 19.8 Å². The highest BCUT2D eigenvalue weighted by atomic mass is 16.5. The van der Waals surface area contributed by atoms with Gasteiger partial charge in [-0.2, -0.15) is 0 Å². The van der Waals surface area contributed by atoms with E-state index in [4.69, 9.17) is 9.47 Å². The summed E-state index contributed by atoms with van der Waals surface area (Å²) in [5.74, 6) is -1.09. The maximum Gasteiger partial charge on any atom is 0.308 e. The van der Waals surface area contributed by atoms with Crippen LogP contribution in [0.25, 0.3) is 5.76 Å². The Balaban J connectivity index is 1.85. The molecule has 1 atom stereocenters. The molecule has 7 nitrogen and oxygen atoms in total. The van der Waals surface area contributed by atoms with Crippen molar-refractivity contribution in [3.8, 4) is 11.5 Å². The fourth-order valence-corrected chi connectivity index (χ4v) is 4.33. The monoisotopic (exact) mass is 513 g/mol. The van der Waals surface area contributed by atoms with Crippen molar-refractivity contribution >= 4 is 29.1 Å². The van der Waals surface area contributed by atoms with Gasteiger partial charge in [0, 0.05) is 18.2 Å². The maximum atomic E-state index is 13.4. The van der Waals surface area contributed by atoms with Crippen LogP contribution in [0.1, 0.15) is 49.1 Å². The van der Waals surface area contributed by atoms with Crippen LogP contribution >= 0.6 is 0 Å². The number of carbonyl (C=O) groups excluding carboxylic acids is 3. The summed E-state index contributed by atoms with van der Waals surface area (Å²) in [7, 11) is 0. The van der Waals surface area contributed by atoms with E-state index in [2.05, 4.69) is 0 Å². The SMILES string of the molecule is CC(=O)Oc1cccc(C2/C(=C(\O)c3ccc(OCC(C)C)cc3)C(=O)C(=O)N2c2ccc(C)c(C)c2)c1. The molecule has 1 N–H and O–H groups in total. The van der Waals surface area contributed by atoms with Gasteiger partial charge in [-0.3, -0.25) is 19.3 Å². The first-order valence-electron chi connectivity index (χ1n) is 12.5. The molecule has 38 heavy (non-hydrogen) atoms. The molecule has 196 valence electrons. The molecule has 7 heteroatoms. The molecule has 1 amide bonds. The number of esters is 1. The fourth-order valence-electron chi connectivity index (χ4n) is 4.33. The van der Waals surface area contributed by atoms with Gasteiger partial charge in [-0.15, -0.1) is 0 Å². The number of rotatable bonds is 7. The number of aliphatic hydroxyl groups is 1. The molecule has 0 aromatic heterocycles. The lowest BCUT2D eigenvalue weighted by Crippen LogP contribution is -2.29. The van der Waals surface area contributed by atoms with Gasteiger partial charge in [0.15, 0.2) is 0 Å². The molecule has 1 aliphatic heterocycles. The quantitative estimate of drug-likeness (QED) is 0.139. The third-order valence-electron chi connectivity index (χ3n) is 6.36. The molecular weight excluding hydrogens is 482 g/mol. The van der Waals surface area contributed by atoms with Crippen LogP contribution in [0.15, 0.2) is 72.3 Å². The fraction of sp³-hybridized carbons (Fsp3) is 0.258. The Labute approximate surface area is 222 Å². The van der Waals surface area contributed by atoms with Crippen molar-refractivity contribution in [2.75, 3.05) is 11.5 Å². The molecule has 0 spiro atoms. The van der Waals surface area contributed by atoms with Crippen molar-refractivity contribution in [2.24, 2.45) is 5.92 Å². The molecule has 0 saturated carbocycles. The first-order chi connectivity index (χ1) is 18.1. The van der Waals surface area contributed by atoms with E-state index in [1.807, 2.05) is 39.8 Å². The maximum absolute atomic E-state index is 13.4. The van der Waals surface area contributed by atoms with E-state index < -0.39 is 23.7 Å². The molecule has 1 unspecified atom stereocenters. The average Bonchev–Trinajstić information content (AvgIpc) is 3.14. The summed E-state index contributed by atoms with van der Waals surface area (Å²) < 4.78 is 11.0. The first kappa shape index (κ1) is 26.7. The number of anilines is 1. The number of benzene rings is 3. The van der Waals surface area contributed by atoms with E-state index in [-0.39, 0.29) is 17.1 Å². The predicted octanol–water partition coefficient (Wildman–Crippen LogP) is 5.89. The van der Waals surface area contributed by atoms with E-state index in [1.54, 1.807) is 54.6 Å². The van der Waals surface area contributed by atoms with E-state index in [0.717, 1.165) is 11.1 Å². The van der Waals surface area contributed by atoms with Gasteiger partial charge in [-0.1, -0.05) is 32.0 Å². The molecule has 1 aliphatic rings. The Morgan fingerprint density at radius 2 is 1.66 bits per heavy atom. The number of ketones is 1. The topological polar surface area (TPSA) is 93.1 Å². The molecular formula is C31H31NO6. The van der Waals surface area contributed by atoms with Crippen LogP contribution in [0.5, 0.6) is 11.5 Å². The molecule has 3 aromatic rings. The Bertz CT molecular complexity index is 1420. The van der Waals surface area contributed by atoms with Crippen LogP contribution in [-0.2, 0) is 14.4 Å². The van der Waals surface area contributed by atoms with Crippen molar-refractivity contribution < 1.29 is 29.0 Å². The normalized spacial score (nSPS) is 16.7. The number of amides is 1. The Morgan fingerprint density at radius 3 is 2.29 bits per heavy atom. The van der Waals surface area contributed by atoms with Crippen LogP contribution in [0.3, 0.4) is 0 Å². The minimum absolute atomic E-state index is 0.0518. The smallest absolute Gasteiger partial charge is 0.308 e. The zero-order chi connectivity index (χ0) is 27.6. The van der Waals surface area contributed by atoms with Crippen molar-refractivity contribution in [1.82, 2.24) is 0 Å². The third-order valence-corrected chi connectivity index (χ3v) is 6.36. The lowest BCUT2D eigenvalue weighted by Gasteiger charge is -2.26. The minimum Gasteiger partial charge on any atom is -0.507 e. The highest BCUT2D eigenvalue weighted by molar-refractivity contribution is 6.51. The van der Waals surface area contributed by atoms with Gasteiger partial charge in [0.25, 0.3) is 11.7 Å². The molecule has 1 saturated heterocycles. The largest absolute Gasteiger partial charge is 0.507 e. The molecule has 0 bridgehead atoms. The highest BCUT2D eigenvalue weighted by Crippen LogP contribution is 2.43. The van der Waals surface area contributed by atoms with Crippen LogP contribution in [0.4, 0.5) is 5.69 Å². The van der Waals surface area contributed by atoms with Gasteiger partial charge >= 0.3 is 5.97 Å². The number of Topliss-reactive ketones (excluding diaryl/α,β-unsaturated/α-hetero) is 1. The Hall–Kier alpha value is -4.39. The summed E-state index contributed by atoms with van der Waals surface area (Å²) in [5.41, 5.74) is 3.35.